The minimum atomic E-state index is -0.406. The first-order valence-electron chi connectivity index (χ1n) is 7.49. The molecule has 0 saturated carbocycles. The Bertz CT molecular complexity index is 320. The summed E-state index contributed by atoms with van der Waals surface area (Å²) in [6, 6.07) is -0.599. The van der Waals surface area contributed by atoms with E-state index in [-0.39, 0.29) is 23.4 Å². The summed E-state index contributed by atoms with van der Waals surface area (Å²) in [5.74, 6) is -0.159. The molecule has 0 aromatic carbocycles. The van der Waals surface area contributed by atoms with Crippen LogP contribution in [0.4, 0.5) is 0 Å². The molecule has 0 bridgehead atoms. The largest absolute Gasteiger partial charge is 0.352 e. The van der Waals surface area contributed by atoms with E-state index in [0.717, 1.165) is 12.8 Å². The lowest BCUT2D eigenvalue weighted by Gasteiger charge is -2.26. The van der Waals surface area contributed by atoms with E-state index in [1.807, 2.05) is 34.6 Å². The second-order valence-corrected chi connectivity index (χ2v) is 6.37. The summed E-state index contributed by atoms with van der Waals surface area (Å²) in [6.07, 6.45) is 1.82. The van der Waals surface area contributed by atoms with E-state index in [1.54, 1.807) is 13.8 Å². The van der Waals surface area contributed by atoms with E-state index >= 15 is 0 Å². The highest BCUT2D eigenvalue weighted by molar-refractivity contribution is 5.85. The molecule has 0 radical (unpaired) electrons. The van der Waals surface area contributed by atoms with Gasteiger partial charge in [0.2, 0.25) is 11.8 Å². The Morgan fingerprint density at radius 3 is 1.80 bits per heavy atom. The van der Waals surface area contributed by atoms with E-state index in [4.69, 9.17) is 0 Å². The molecule has 0 saturated heterocycles. The van der Waals surface area contributed by atoms with Crippen molar-refractivity contribution in [3.8, 4) is 0 Å². The van der Waals surface area contributed by atoms with Crippen molar-refractivity contribution in [1.82, 2.24) is 16.0 Å². The summed E-state index contributed by atoms with van der Waals surface area (Å²) >= 11 is 0. The summed E-state index contributed by atoms with van der Waals surface area (Å²) in [7, 11) is 0. The Hall–Kier alpha value is -1.10. The van der Waals surface area contributed by atoms with Crippen molar-refractivity contribution in [2.24, 2.45) is 0 Å². The van der Waals surface area contributed by atoms with Gasteiger partial charge in [-0.2, -0.15) is 0 Å². The number of nitrogens with one attached hydrogen (secondary N) is 3. The Labute approximate surface area is 123 Å². The van der Waals surface area contributed by atoms with Gasteiger partial charge in [0, 0.05) is 11.6 Å². The minimum absolute atomic E-state index is 0.0610. The Balaban J connectivity index is 4.34. The standard InChI is InChI=1S/C15H31N3O2/c1-8-12(9-2)17-13(19)10(3)16-11(4)14(20)18-15(5,6)7/h10-12,16H,8-9H2,1-7H3,(H,17,19)(H,18,20). The Kier molecular flexibility index (Phi) is 7.79. The molecule has 2 unspecified atom stereocenters. The predicted octanol–water partition coefficient (Wildman–Crippen LogP) is 1.57. The fraction of sp³-hybridized carbons (Fsp3) is 0.867. The lowest BCUT2D eigenvalue weighted by atomic mass is 10.1. The summed E-state index contributed by atoms with van der Waals surface area (Å²) in [5, 5.41) is 8.90. The molecule has 0 fully saturated rings. The van der Waals surface area contributed by atoms with Gasteiger partial charge in [-0.1, -0.05) is 13.8 Å². The van der Waals surface area contributed by atoms with Gasteiger partial charge in [-0.15, -0.1) is 0 Å². The number of rotatable bonds is 7. The zero-order valence-electron chi connectivity index (χ0n) is 14.0. The first kappa shape index (κ1) is 18.9. The number of hydrogen-bond acceptors (Lipinski definition) is 3. The first-order valence-corrected chi connectivity index (χ1v) is 7.49. The van der Waals surface area contributed by atoms with Crippen LogP contribution in [0.3, 0.4) is 0 Å². The molecule has 3 N–H and O–H groups in total. The highest BCUT2D eigenvalue weighted by atomic mass is 16.2. The smallest absolute Gasteiger partial charge is 0.237 e. The average Bonchev–Trinajstić information content (AvgIpc) is 2.33. The van der Waals surface area contributed by atoms with Crippen molar-refractivity contribution in [3.05, 3.63) is 0 Å². The van der Waals surface area contributed by atoms with Crippen molar-refractivity contribution >= 4 is 11.8 Å². The molecule has 5 nitrogen and oxygen atoms in total. The number of hydrogen-bond donors (Lipinski definition) is 3. The fourth-order valence-corrected chi connectivity index (χ4v) is 1.82. The maximum absolute atomic E-state index is 12.0. The lowest BCUT2D eigenvalue weighted by Crippen LogP contribution is -2.55. The predicted molar refractivity (Wildman–Crippen MR) is 82.5 cm³/mol. The highest BCUT2D eigenvalue weighted by Crippen LogP contribution is 2.01. The molecule has 118 valence electrons. The van der Waals surface area contributed by atoms with Gasteiger partial charge in [0.05, 0.1) is 12.1 Å². The third-order valence-corrected chi connectivity index (χ3v) is 3.12. The van der Waals surface area contributed by atoms with Gasteiger partial charge in [0.1, 0.15) is 0 Å². The van der Waals surface area contributed by atoms with Crippen molar-refractivity contribution in [2.75, 3.05) is 0 Å². The van der Waals surface area contributed by atoms with Crippen LogP contribution in [0.2, 0.25) is 0 Å². The Morgan fingerprint density at radius 2 is 1.40 bits per heavy atom. The highest BCUT2D eigenvalue weighted by Gasteiger charge is 2.23. The second kappa shape index (κ2) is 8.25. The first-order chi connectivity index (χ1) is 9.10. The zero-order chi connectivity index (χ0) is 15.9. The summed E-state index contributed by atoms with van der Waals surface area (Å²) in [4.78, 5) is 24.0. The van der Waals surface area contributed by atoms with Gasteiger partial charge in [-0.3, -0.25) is 14.9 Å². The van der Waals surface area contributed by atoms with E-state index < -0.39 is 12.1 Å². The molecule has 0 aromatic heterocycles. The molecule has 20 heavy (non-hydrogen) atoms. The summed E-state index contributed by atoms with van der Waals surface area (Å²) in [6.45, 7) is 13.4. The van der Waals surface area contributed by atoms with Crippen LogP contribution in [-0.2, 0) is 9.59 Å². The lowest BCUT2D eigenvalue weighted by molar-refractivity contribution is -0.126. The molecule has 0 spiro atoms. The molecule has 0 aliphatic carbocycles. The third-order valence-electron chi connectivity index (χ3n) is 3.12. The molecule has 0 rings (SSSR count). The Morgan fingerprint density at radius 1 is 0.950 bits per heavy atom. The van der Waals surface area contributed by atoms with Crippen molar-refractivity contribution in [3.63, 3.8) is 0 Å². The fourth-order valence-electron chi connectivity index (χ4n) is 1.82. The topological polar surface area (TPSA) is 70.2 Å². The van der Waals surface area contributed by atoms with Gasteiger partial charge in [0.15, 0.2) is 0 Å². The number of carbonyl (C=O) groups is 2. The maximum Gasteiger partial charge on any atom is 0.237 e. The second-order valence-electron chi connectivity index (χ2n) is 6.37. The number of amides is 2. The molecule has 5 heteroatoms. The minimum Gasteiger partial charge on any atom is -0.352 e. The average molecular weight is 285 g/mol. The van der Waals surface area contributed by atoms with Crippen LogP contribution in [0.5, 0.6) is 0 Å². The van der Waals surface area contributed by atoms with Gasteiger partial charge >= 0.3 is 0 Å². The zero-order valence-corrected chi connectivity index (χ0v) is 14.0. The van der Waals surface area contributed by atoms with Crippen LogP contribution in [0.15, 0.2) is 0 Å². The monoisotopic (exact) mass is 285 g/mol. The molecule has 2 amide bonds. The SMILES string of the molecule is CCC(CC)NC(=O)C(C)NC(C)C(=O)NC(C)(C)C. The normalized spacial score (nSPS) is 14.8. The summed E-state index contributed by atoms with van der Waals surface area (Å²) < 4.78 is 0. The van der Waals surface area contributed by atoms with Gasteiger partial charge in [0.25, 0.3) is 0 Å². The molecule has 0 aliphatic rings. The van der Waals surface area contributed by atoms with E-state index in [0.29, 0.717) is 0 Å². The van der Waals surface area contributed by atoms with Gasteiger partial charge in [-0.25, -0.2) is 0 Å². The van der Waals surface area contributed by atoms with E-state index in [9.17, 15) is 9.59 Å². The molecular formula is C15H31N3O2. The van der Waals surface area contributed by atoms with Crippen molar-refractivity contribution < 1.29 is 9.59 Å². The number of carbonyl (C=O) groups excluding carboxylic acids is 2. The van der Waals surface area contributed by atoms with Crippen molar-refractivity contribution in [2.45, 2.75) is 85.0 Å². The maximum atomic E-state index is 12.0. The van der Waals surface area contributed by atoms with Crippen LogP contribution < -0.4 is 16.0 Å². The van der Waals surface area contributed by atoms with E-state index in [1.165, 1.54) is 0 Å². The third kappa shape index (κ3) is 7.48. The van der Waals surface area contributed by atoms with Crippen LogP contribution in [0, 0.1) is 0 Å². The molecule has 2 atom stereocenters. The van der Waals surface area contributed by atoms with Gasteiger partial charge < -0.3 is 10.6 Å². The van der Waals surface area contributed by atoms with E-state index in [2.05, 4.69) is 16.0 Å². The quantitative estimate of drug-likeness (QED) is 0.665. The van der Waals surface area contributed by atoms with Crippen LogP contribution in [-0.4, -0.2) is 35.5 Å². The van der Waals surface area contributed by atoms with Gasteiger partial charge in [-0.05, 0) is 47.5 Å². The molecule has 0 heterocycles. The molecule has 0 aliphatic heterocycles. The summed E-state index contributed by atoms with van der Waals surface area (Å²) in [5.41, 5.74) is -0.270. The molecular weight excluding hydrogens is 254 g/mol. The van der Waals surface area contributed by atoms with Crippen LogP contribution in [0.1, 0.15) is 61.3 Å². The van der Waals surface area contributed by atoms with Crippen LogP contribution >= 0.6 is 0 Å². The van der Waals surface area contributed by atoms with Crippen molar-refractivity contribution in [1.29, 1.82) is 0 Å². The van der Waals surface area contributed by atoms with Crippen LogP contribution in [0.25, 0.3) is 0 Å². The molecule has 0 aromatic rings.